The summed E-state index contributed by atoms with van der Waals surface area (Å²) in [4.78, 5) is 25.5. The van der Waals surface area contributed by atoms with Gasteiger partial charge in [-0.25, -0.2) is 9.97 Å². The van der Waals surface area contributed by atoms with Crippen molar-refractivity contribution in [3.05, 3.63) is 46.8 Å². The van der Waals surface area contributed by atoms with Crippen LogP contribution in [-0.4, -0.2) is 47.5 Å². The average Bonchev–Trinajstić information content (AvgIpc) is 2.61. The zero-order chi connectivity index (χ0) is 18.0. The minimum Gasteiger partial charge on any atom is -0.497 e. The number of aromatic nitrogens is 2. The van der Waals surface area contributed by atoms with Crippen LogP contribution in [-0.2, 0) is 11.3 Å². The zero-order valence-electron chi connectivity index (χ0n) is 15.2. The Morgan fingerprint density at radius 2 is 1.84 bits per heavy atom. The molecular formula is C19H24N4O2. The van der Waals surface area contributed by atoms with E-state index in [0.717, 1.165) is 34.8 Å². The number of anilines is 1. The first kappa shape index (κ1) is 17.2. The maximum atomic E-state index is 12.6. The van der Waals surface area contributed by atoms with Crippen molar-refractivity contribution in [2.24, 2.45) is 0 Å². The number of nitrogens with zero attached hydrogens (tertiary/aromatic N) is 4. The lowest BCUT2D eigenvalue weighted by Crippen LogP contribution is -2.50. The van der Waals surface area contributed by atoms with Gasteiger partial charge in [-0.15, -0.1) is 0 Å². The maximum absolute atomic E-state index is 12.6. The number of aryl methyl sites for hydroxylation is 2. The number of rotatable bonds is 4. The molecule has 1 amide bonds. The molecule has 0 N–H and O–H groups in total. The van der Waals surface area contributed by atoms with Gasteiger partial charge in [-0.2, -0.15) is 0 Å². The number of methoxy groups -OCH3 is 1. The molecule has 0 radical (unpaired) electrons. The molecule has 1 aromatic carbocycles. The van der Waals surface area contributed by atoms with Crippen LogP contribution in [0.25, 0.3) is 0 Å². The van der Waals surface area contributed by atoms with Crippen molar-refractivity contribution >= 4 is 11.9 Å². The Labute approximate surface area is 148 Å². The third-order valence-corrected chi connectivity index (χ3v) is 4.73. The highest BCUT2D eigenvalue weighted by Crippen LogP contribution is 2.19. The molecule has 0 aliphatic carbocycles. The van der Waals surface area contributed by atoms with Crippen molar-refractivity contribution in [2.75, 3.05) is 31.6 Å². The first-order valence-corrected chi connectivity index (χ1v) is 8.45. The summed E-state index contributed by atoms with van der Waals surface area (Å²) in [5.74, 6) is 1.55. The van der Waals surface area contributed by atoms with E-state index in [1.165, 1.54) is 0 Å². The second-order valence-corrected chi connectivity index (χ2v) is 6.41. The second-order valence-electron chi connectivity index (χ2n) is 6.41. The number of ether oxygens (including phenoxy) is 1. The zero-order valence-corrected chi connectivity index (χ0v) is 15.2. The Morgan fingerprint density at radius 1 is 1.12 bits per heavy atom. The van der Waals surface area contributed by atoms with Crippen LogP contribution in [0.2, 0.25) is 0 Å². The second kappa shape index (κ2) is 7.09. The lowest BCUT2D eigenvalue weighted by Gasteiger charge is -2.34. The standard InChI is InChI=1S/C19H24N4O2/c1-13-14(2)20-19(21-15(13)3)23-9-8-22(18(24)12-23)11-16-6-5-7-17(10-16)25-4/h5-7,10H,8-9,11-12H2,1-4H3. The molecule has 0 unspecified atom stereocenters. The van der Waals surface area contributed by atoms with E-state index in [2.05, 4.69) is 9.97 Å². The van der Waals surface area contributed by atoms with Gasteiger partial charge >= 0.3 is 0 Å². The number of carbonyl (C=O) groups excluding carboxylic acids is 1. The molecule has 0 spiro atoms. The summed E-state index contributed by atoms with van der Waals surface area (Å²) in [5.41, 5.74) is 4.11. The number of hydrogen-bond donors (Lipinski definition) is 0. The van der Waals surface area contributed by atoms with E-state index in [-0.39, 0.29) is 5.91 Å². The van der Waals surface area contributed by atoms with Gasteiger partial charge in [0, 0.05) is 31.0 Å². The molecule has 0 saturated carbocycles. The van der Waals surface area contributed by atoms with Crippen molar-refractivity contribution in [3.8, 4) is 5.75 Å². The number of carbonyl (C=O) groups is 1. The van der Waals surface area contributed by atoms with E-state index in [9.17, 15) is 4.79 Å². The van der Waals surface area contributed by atoms with Crippen LogP contribution in [0.5, 0.6) is 5.75 Å². The SMILES string of the molecule is COc1cccc(CN2CCN(c3nc(C)c(C)c(C)n3)CC2=O)c1. The Hall–Kier alpha value is -2.63. The topological polar surface area (TPSA) is 58.6 Å². The van der Waals surface area contributed by atoms with E-state index < -0.39 is 0 Å². The average molecular weight is 340 g/mol. The fourth-order valence-electron chi connectivity index (χ4n) is 2.93. The predicted molar refractivity (Wildman–Crippen MR) is 96.9 cm³/mol. The lowest BCUT2D eigenvalue weighted by molar-refractivity contribution is -0.131. The molecule has 2 heterocycles. The molecule has 25 heavy (non-hydrogen) atoms. The summed E-state index contributed by atoms with van der Waals surface area (Å²) in [6.07, 6.45) is 0. The van der Waals surface area contributed by atoms with Crippen LogP contribution < -0.4 is 9.64 Å². The molecule has 1 aromatic heterocycles. The number of amides is 1. The van der Waals surface area contributed by atoms with Crippen molar-refractivity contribution in [2.45, 2.75) is 27.3 Å². The summed E-state index contributed by atoms with van der Waals surface area (Å²) in [6, 6.07) is 7.83. The normalized spacial score (nSPS) is 14.8. The van der Waals surface area contributed by atoms with Gasteiger partial charge in [-0.05, 0) is 44.0 Å². The quantitative estimate of drug-likeness (QED) is 0.854. The molecule has 6 nitrogen and oxygen atoms in total. The van der Waals surface area contributed by atoms with Crippen molar-refractivity contribution in [3.63, 3.8) is 0 Å². The van der Waals surface area contributed by atoms with Gasteiger partial charge in [-0.3, -0.25) is 4.79 Å². The Morgan fingerprint density at radius 3 is 2.48 bits per heavy atom. The summed E-state index contributed by atoms with van der Waals surface area (Å²) in [6.45, 7) is 8.28. The Bertz CT molecular complexity index is 768. The predicted octanol–water partition coefficient (Wildman–Crippen LogP) is 2.26. The van der Waals surface area contributed by atoms with E-state index in [0.29, 0.717) is 25.6 Å². The van der Waals surface area contributed by atoms with Gasteiger partial charge in [0.05, 0.1) is 7.11 Å². The molecule has 3 rings (SSSR count). The highest BCUT2D eigenvalue weighted by atomic mass is 16.5. The van der Waals surface area contributed by atoms with Gasteiger partial charge in [0.15, 0.2) is 0 Å². The maximum Gasteiger partial charge on any atom is 0.242 e. The lowest BCUT2D eigenvalue weighted by atomic mass is 10.2. The van der Waals surface area contributed by atoms with Gasteiger partial charge < -0.3 is 14.5 Å². The minimum atomic E-state index is 0.0913. The summed E-state index contributed by atoms with van der Waals surface area (Å²) in [7, 11) is 1.65. The first-order chi connectivity index (χ1) is 12.0. The van der Waals surface area contributed by atoms with Crippen molar-refractivity contribution in [1.82, 2.24) is 14.9 Å². The highest BCUT2D eigenvalue weighted by molar-refractivity contribution is 5.82. The van der Waals surface area contributed by atoms with Gasteiger partial charge in [0.2, 0.25) is 11.9 Å². The largest absolute Gasteiger partial charge is 0.497 e. The summed E-state index contributed by atoms with van der Waals surface area (Å²) < 4.78 is 5.25. The van der Waals surface area contributed by atoms with Gasteiger partial charge in [0.1, 0.15) is 12.3 Å². The third-order valence-electron chi connectivity index (χ3n) is 4.73. The van der Waals surface area contributed by atoms with Crippen LogP contribution >= 0.6 is 0 Å². The molecule has 1 aliphatic rings. The fourth-order valence-corrected chi connectivity index (χ4v) is 2.93. The summed E-state index contributed by atoms with van der Waals surface area (Å²) in [5, 5.41) is 0. The molecule has 1 aliphatic heterocycles. The van der Waals surface area contributed by atoms with E-state index in [1.54, 1.807) is 7.11 Å². The molecule has 1 fully saturated rings. The molecular weight excluding hydrogens is 316 g/mol. The van der Waals surface area contributed by atoms with Crippen LogP contribution in [0.3, 0.4) is 0 Å². The summed E-state index contributed by atoms with van der Waals surface area (Å²) >= 11 is 0. The fraction of sp³-hybridized carbons (Fsp3) is 0.421. The van der Waals surface area contributed by atoms with Crippen LogP contribution in [0.15, 0.2) is 24.3 Å². The number of hydrogen-bond acceptors (Lipinski definition) is 5. The van der Waals surface area contributed by atoms with Gasteiger partial charge in [-0.1, -0.05) is 12.1 Å². The molecule has 6 heteroatoms. The first-order valence-electron chi connectivity index (χ1n) is 8.45. The molecule has 1 saturated heterocycles. The van der Waals surface area contributed by atoms with E-state index in [4.69, 9.17) is 4.74 Å². The third kappa shape index (κ3) is 3.73. The smallest absolute Gasteiger partial charge is 0.242 e. The monoisotopic (exact) mass is 340 g/mol. The highest BCUT2D eigenvalue weighted by Gasteiger charge is 2.26. The number of piperazine rings is 1. The van der Waals surface area contributed by atoms with Crippen LogP contribution in [0, 0.1) is 20.8 Å². The molecule has 2 aromatic rings. The van der Waals surface area contributed by atoms with Crippen molar-refractivity contribution < 1.29 is 9.53 Å². The molecule has 132 valence electrons. The van der Waals surface area contributed by atoms with Crippen LogP contribution in [0.4, 0.5) is 5.95 Å². The molecule has 0 atom stereocenters. The minimum absolute atomic E-state index is 0.0913. The van der Waals surface area contributed by atoms with Crippen molar-refractivity contribution in [1.29, 1.82) is 0 Å². The Balaban J connectivity index is 1.69. The molecule has 0 bridgehead atoms. The van der Waals surface area contributed by atoms with Crippen LogP contribution in [0.1, 0.15) is 22.5 Å². The van der Waals surface area contributed by atoms with E-state index in [1.807, 2.05) is 54.8 Å². The number of benzene rings is 1. The van der Waals surface area contributed by atoms with E-state index >= 15 is 0 Å². The Kier molecular flexibility index (Phi) is 4.88. The van der Waals surface area contributed by atoms with Gasteiger partial charge in [0.25, 0.3) is 0 Å².